The molecule has 7 heteroatoms. The highest BCUT2D eigenvalue weighted by Crippen LogP contribution is 2.26. The van der Waals surface area contributed by atoms with Gasteiger partial charge in [0.2, 0.25) is 0 Å². The van der Waals surface area contributed by atoms with Crippen molar-refractivity contribution in [3.63, 3.8) is 0 Å². The van der Waals surface area contributed by atoms with Crippen LogP contribution in [0.1, 0.15) is 25.8 Å². The summed E-state index contributed by atoms with van der Waals surface area (Å²) < 4.78 is 19.4. The van der Waals surface area contributed by atoms with Gasteiger partial charge in [0.05, 0.1) is 16.3 Å². The second-order valence-electron chi connectivity index (χ2n) is 5.55. The molecule has 0 radical (unpaired) electrons. The van der Waals surface area contributed by atoms with E-state index in [-0.39, 0.29) is 12.4 Å². The van der Waals surface area contributed by atoms with Crippen molar-refractivity contribution in [1.82, 2.24) is 0 Å². The largest absolute Gasteiger partial charge is 0.486 e. The minimum absolute atomic E-state index is 0.123. The molecule has 0 aliphatic carbocycles. The number of hydrogen-bond acceptors (Lipinski definition) is 4. The van der Waals surface area contributed by atoms with Crippen molar-refractivity contribution in [2.75, 3.05) is 11.6 Å². The lowest BCUT2D eigenvalue weighted by Crippen LogP contribution is -2.30. The molecule has 2 rings (SSSR count). The van der Waals surface area contributed by atoms with Gasteiger partial charge in [-0.25, -0.2) is 10.2 Å². The van der Waals surface area contributed by atoms with Gasteiger partial charge in [0.25, 0.3) is 0 Å². The van der Waals surface area contributed by atoms with Gasteiger partial charge in [0.1, 0.15) is 12.7 Å². The molecule has 0 saturated heterocycles. The van der Waals surface area contributed by atoms with Crippen LogP contribution < -0.4 is 15.6 Å². The van der Waals surface area contributed by atoms with Gasteiger partial charge in [0, 0.05) is 10.7 Å². The van der Waals surface area contributed by atoms with E-state index >= 15 is 0 Å². The van der Waals surface area contributed by atoms with E-state index in [1.54, 1.807) is 24.3 Å². The second kappa shape index (κ2) is 8.91. The zero-order chi connectivity index (χ0) is 19.3. The van der Waals surface area contributed by atoms with E-state index in [0.717, 1.165) is 11.3 Å². The van der Waals surface area contributed by atoms with E-state index in [2.05, 4.69) is 0 Å². The Morgan fingerprint density at radius 1 is 1.27 bits per heavy atom. The van der Waals surface area contributed by atoms with Crippen LogP contribution in [0.5, 0.6) is 5.75 Å². The summed E-state index contributed by atoms with van der Waals surface area (Å²) in [7, 11) is 0. The normalized spacial score (nSPS) is 11.6. The monoisotopic (exact) mass is 393 g/mol. The number of halogens is 3. The molecule has 0 heterocycles. The minimum Gasteiger partial charge on any atom is -0.486 e. The fourth-order valence-corrected chi connectivity index (χ4v) is 2.70. The molecule has 0 spiro atoms. The molecule has 0 aromatic heterocycles. The fourth-order valence-electron chi connectivity index (χ4n) is 2.33. The van der Waals surface area contributed by atoms with E-state index < -0.39 is 5.82 Å². The highest BCUT2D eigenvalue weighted by atomic mass is 35.5. The van der Waals surface area contributed by atoms with Crippen molar-refractivity contribution >= 4 is 28.9 Å². The molecule has 0 fully saturated rings. The van der Waals surface area contributed by atoms with Crippen molar-refractivity contribution in [1.29, 1.82) is 5.26 Å². The van der Waals surface area contributed by atoms with Gasteiger partial charge in [-0.3, -0.25) is 5.01 Å². The maximum Gasteiger partial charge on any atom is 0.166 e. The van der Waals surface area contributed by atoms with E-state index in [4.69, 9.17) is 39.0 Å². The lowest BCUT2D eigenvalue weighted by molar-refractivity contribution is 0.327. The molecule has 0 unspecified atom stereocenters. The van der Waals surface area contributed by atoms with Gasteiger partial charge in [-0.2, -0.15) is 5.26 Å². The topological polar surface area (TPSA) is 62.3 Å². The number of nitrogens with zero attached hydrogens (tertiary/aromatic N) is 2. The quantitative estimate of drug-likeness (QED) is 0.523. The Kier molecular flexibility index (Phi) is 6.87. The Morgan fingerprint density at radius 3 is 2.58 bits per heavy atom. The van der Waals surface area contributed by atoms with Crippen LogP contribution in [-0.2, 0) is 0 Å². The minimum atomic E-state index is -0.519. The Morgan fingerprint density at radius 2 is 2.00 bits per heavy atom. The van der Waals surface area contributed by atoms with Gasteiger partial charge in [0.15, 0.2) is 11.6 Å². The van der Waals surface area contributed by atoms with Gasteiger partial charge in [-0.1, -0.05) is 30.1 Å². The van der Waals surface area contributed by atoms with E-state index in [9.17, 15) is 4.39 Å². The molecule has 26 heavy (non-hydrogen) atoms. The van der Waals surface area contributed by atoms with Gasteiger partial charge >= 0.3 is 0 Å². The molecule has 0 aliphatic heterocycles. The van der Waals surface area contributed by atoms with Crippen LogP contribution in [0, 0.1) is 17.1 Å². The number of rotatable bonds is 6. The smallest absolute Gasteiger partial charge is 0.166 e. The van der Waals surface area contributed by atoms with Crippen LogP contribution in [-0.4, -0.2) is 6.61 Å². The lowest BCUT2D eigenvalue weighted by Gasteiger charge is -2.23. The summed E-state index contributed by atoms with van der Waals surface area (Å²) in [5.74, 6) is 5.78. The molecule has 0 atom stereocenters. The van der Waals surface area contributed by atoms with E-state index in [1.165, 1.54) is 17.1 Å². The summed E-state index contributed by atoms with van der Waals surface area (Å²) in [5, 5.41) is 11.1. The first-order valence-electron chi connectivity index (χ1n) is 7.88. The number of ether oxygens (including phenoxy) is 1. The predicted molar refractivity (Wildman–Crippen MR) is 103 cm³/mol. The molecule has 0 amide bonds. The molecule has 2 aromatic rings. The molecule has 2 N–H and O–H groups in total. The summed E-state index contributed by atoms with van der Waals surface area (Å²) in [5.41, 5.74) is 2.66. The van der Waals surface area contributed by atoms with Gasteiger partial charge in [-0.05, 0) is 55.3 Å². The van der Waals surface area contributed by atoms with Crippen molar-refractivity contribution in [3.8, 4) is 11.8 Å². The van der Waals surface area contributed by atoms with Crippen LogP contribution in [0.25, 0.3) is 0 Å². The van der Waals surface area contributed by atoms with E-state index in [1.807, 2.05) is 19.9 Å². The first-order valence-corrected chi connectivity index (χ1v) is 8.63. The standard InChI is InChI=1S/C19H18Cl2FN3O/c1-3-13(11-26-19-7-5-15(20)8-18(19)22)12(2)25(24)16-6-4-14(10-23)17(21)9-16/h4-9H,3,11,24H2,1-2H3/b13-12+. The van der Waals surface area contributed by atoms with Crippen molar-refractivity contribution in [3.05, 3.63) is 69.1 Å². The van der Waals surface area contributed by atoms with Gasteiger partial charge in [-0.15, -0.1) is 0 Å². The second-order valence-corrected chi connectivity index (χ2v) is 6.40. The third kappa shape index (κ3) is 4.67. The first-order chi connectivity index (χ1) is 12.4. The molecule has 4 nitrogen and oxygen atoms in total. The number of hydrogen-bond donors (Lipinski definition) is 1. The van der Waals surface area contributed by atoms with Crippen LogP contribution in [0.15, 0.2) is 47.7 Å². The molecular formula is C19H18Cl2FN3O. The SMILES string of the molecule is CC/C(COc1ccc(Cl)cc1F)=C(/C)N(N)c1ccc(C#N)c(Cl)c1. The molecular weight excluding hydrogens is 376 g/mol. The summed E-state index contributed by atoms with van der Waals surface area (Å²) >= 11 is 11.8. The Hall–Kier alpha value is -2.26. The highest BCUT2D eigenvalue weighted by Gasteiger charge is 2.12. The number of allylic oxidation sites excluding steroid dienone is 1. The first kappa shape index (κ1) is 20.1. The number of anilines is 1. The maximum absolute atomic E-state index is 13.8. The zero-order valence-corrected chi connectivity index (χ0v) is 15.9. The molecule has 136 valence electrons. The zero-order valence-electron chi connectivity index (χ0n) is 14.4. The Bertz CT molecular complexity index is 878. The van der Waals surface area contributed by atoms with Crippen LogP contribution in [0.3, 0.4) is 0 Å². The lowest BCUT2D eigenvalue weighted by atomic mass is 10.1. The van der Waals surface area contributed by atoms with Crippen LogP contribution in [0.2, 0.25) is 10.0 Å². The Balaban J connectivity index is 2.21. The van der Waals surface area contributed by atoms with Gasteiger partial charge < -0.3 is 4.74 Å². The summed E-state index contributed by atoms with van der Waals surface area (Å²) in [6, 6.07) is 11.2. The van der Waals surface area contributed by atoms with Crippen molar-refractivity contribution in [2.24, 2.45) is 5.84 Å². The van der Waals surface area contributed by atoms with Crippen LogP contribution >= 0.6 is 23.2 Å². The number of nitriles is 1. The van der Waals surface area contributed by atoms with Crippen molar-refractivity contribution in [2.45, 2.75) is 20.3 Å². The van der Waals surface area contributed by atoms with Crippen LogP contribution in [0.4, 0.5) is 10.1 Å². The number of benzene rings is 2. The third-order valence-corrected chi connectivity index (χ3v) is 4.49. The maximum atomic E-state index is 13.8. The molecule has 0 bridgehead atoms. The molecule has 2 aromatic carbocycles. The summed E-state index contributed by atoms with van der Waals surface area (Å²) in [6.07, 6.45) is 0.665. The summed E-state index contributed by atoms with van der Waals surface area (Å²) in [6.45, 7) is 3.98. The predicted octanol–water partition coefficient (Wildman–Crippen LogP) is 5.45. The molecule has 0 aliphatic rings. The van der Waals surface area contributed by atoms with Crippen molar-refractivity contribution < 1.29 is 9.13 Å². The average molecular weight is 394 g/mol. The Labute approximate surface area is 162 Å². The van der Waals surface area contributed by atoms with E-state index in [0.29, 0.717) is 27.7 Å². The number of nitrogens with two attached hydrogens (primary N) is 1. The highest BCUT2D eigenvalue weighted by molar-refractivity contribution is 6.32. The third-order valence-electron chi connectivity index (χ3n) is 3.95. The summed E-state index contributed by atoms with van der Waals surface area (Å²) in [4.78, 5) is 0. The molecule has 0 saturated carbocycles. The fraction of sp³-hybridized carbons (Fsp3) is 0.211. The number of hydrazine groups is 1. The average Bonchev–Trinajstić information content (AvgIpc) is 2.62.